The highest BCUT2D eigenvalue weighted by atomic mass is 16.5. The SMILES string of the molecule is C1=CC2CC1CC2OC1CCCC1. The lowest BCUT2D eigenvalue weighted by atomic mass is 10.0. The predicted octanol–water partition coefficient (Wildman–Crippen LogP) is 2.91. The Morgan fingerprint density at radius 1 is 1.00 bits per heavy atom. The van der Waals surface area contributed by atoms with Gasteiger partial charge in [0.05, 0.1) is 12.2 Å². The summed E-state index contributed by atoms with van der Waals surface area (Å²) in [4.78, 5) is 0. The Kier molecular flexibility index (Phi) is 1.93. The zero-order valence-corrected chi connectivity index (χ0v) is 8.11. The fourth-order valence-corrected chi connectivity index (χ4v) is 3.16. The van der Waals surface area contributed by atoms with E-state index in [9.17, 15) is 0 Å². The summed E-state index contributed by atoms with van der Waals surface area (Å²) in [5, 5.41) is 0. The zero-order chi connectivity index (χ0) is 8.67. The van der Waals surface area contributed by atoms with Crippen molar-refractivity contribution in [1.29, 1.82) is 0 Å². The highest BCUT2D eigenvalue weighted by Gasteiger charge is 2.37. The van der Waals surface area contributed by atoms with Crippen LogP contribution in [0.25, 0.3) is 0 Å². The van der Waals surface area contributed by atoms with Crippen LogP contribution in [0.1, 0.15) is 38.5 Å². The van der Waals surface area contributed by atoms with Crippen LogP contribution in [-0.4, -0.2) is 12.2 Å². The monoisotopic (exact) mass is 178 g/mol. The summed E-state index contributed by atoms with van der Waals surface area (Å²) in [6.45, 7) is 0. The van der Waals surface area contributed by atoms with E-state index in [1.807, 2.05) is 0 Å². The van der Waals surface area contributed by atoms with Gasteiger partial charge in [0.2, 0.25) is 0 Å². The lowest BCUT2D eigenvalue weighted by Gasteiger charge is -2.23. The molecule has 0 aromatic heterocycles. The lowest BCUT2D eigenvalue weighted by molar-refractivity contribution is -0.0206. The third kappa shape index (κ3) is 1.43. The second kappa shape index (κ2) is 3.13. The minimum Gasteiger partial charge on any atom is -0.374 e. The van der Waals surface area contributed by atoms with E-state index >= 15 is 0 Å². The van der Waals surface area contributed by atoms with E-state index < -0.39 is 0 Å². The summed E-state index contributed by atoms with van der Waals surface area (Å²) >= 11 is 0. The van der Waals surface area contributed by atoms with Crippen LogP contribution in [0.4, 0.5) is 0 Å². The molecule has 0 heterocycles. The molecule has 3 atom stereocenters. The average molecular weight is 178 g/mol. The third-order valence-corrected chi connectivity index (χ3v) is 3.89. The van der Waals surface area contributed by atoms with Crippen molar-refractivity contribution >= 4 is 0 Å². The topological polar surface area (TPSA) is 9.23 Å². The Balaban J connectivity index is 1.58. The Labute approximate surface area is 80.2 Å². The number of allylic oxidation sites excluding steroid dienone is 1. The second-order valence-electron chi connectivity index (χ2n) is 4.86. The molecule has 1 heteroatoms. The smallest absolute Gasteiger partial charge is 0.0647 e. The van der Waals surface area contributed by atoms with Crippen LogP contribution in [-0.2, 0) is 4.74 Å². The molecule has 0 aromatic rings. The van der Waals surface area contributed by atoms with E-state index in [1.165, 1.54) is 38.5 Å². The van der Waals surface area contributed by atoms with Crippen molar-refractivity contribution in [2.45, 2.75) is 50.7 Å². The third-order valence-electron chi connectivity index (χ3n) is 3.89. The first-order chi connectivity index (χ1) is 6.42. The molecule has 3 unspecified atom stereocenters. The molecule has 3 aliphatic rings. The number of hydrogen-bond acceptors (Lipinski definition) is 1. The predicted molar refractivity (Wildman–Crippen MR) is 52.5 cm³/mol. The normalized spacial score (nSPS) is 43.5. The van der Waals surface area contributed by atoms with E-state index in [4.69, 9.17) is 4.74 Å². The van der Waals surface area contributed by atoms with Gasteiger partial charge in [-0.2, -0.15) is 0 Å². The molecular weight excluding hydrogens is 160 g/mol. The molecule has 3 aliphatic carbocycles. The maximum Gasteiger partial charge on any atom is 0.0647 e. The van der Waals surface area contributed by atoms with Crippen molar-refractivity contribution in [3.63, 3.8) is 0 Å². The highest BCUT2D eigenvalue weighted by Crippen LogP contribution is 2.42. The van der Waals surface area contributed by atoms with E-state index in [2.05, 4.69) is 12.2 Å². The second-order valence-corrected chi connectivity index (χ2v) is 4.86. The first-order valence-electron chi connectivity index (χ1n) is 5.75. The number of ether oxygens (including phenoxy) is 1. The van der Waals surface area contributed by atoms with Crippen LogP contribution in [0, 0.1) is 11.8 Å². The van der Waals surface area contributed by atoms with Gasteiger partial charge in [-0.05, 0) is 31.6 Å². The minimum absolute atomic E-state index is 0.582. The molecule has 72 valence electrons. The van der Waals surface area contributed by atoms with Crippen LogP contribution in [0.15, 0.2) is 12.2 Å². The van der Waals surface area contributed by atoms with Crippen molar-refractivity contribution in [3.05, 3.63) is 12.2 Å². The molecule has 0 amide bonds. The fraction of sp³-hybridized carbons (Fsp3) is 0.833. The van der Waals surface area contributed by atoms with Gasteiger partial charge in [0.25, 0.3) is 0 Å². The Bertz CT molecular complexity index is 215. The Morgan fingerprint density at radius 2 is 1.85 bits per heavy atom. The van der Waals surface area contributed by atoms with Gasteiger partial charge in [-0.3, -0.25) is 0 Å². The fourth-order valence-electron chi connectivity index (χ4n) is 3.16. The summed E-state index contributed by atoms with van der Waals surface area (Å²) in [6.07, 6.45) is 14.1. The van der Waals surface area contributed by atoms with Crippen LogP contribution < -0.4 is 0 Å². The van der Waals surface area contributed by atoms with Gasteiger partial charge < -0.3 is 4.74 Å². The summed E-state index contributed by atoms with van der Waals surface area (Å²) in [5.74, 6) is 1.63. The van der Waals surface area contributed by atoms with Crippen molar-refractivity contribution in [2.75, 3.05) is 0 Å². The van der Waals surface area contributed by atoms with E-state index in [0.717, 1.165) is 11.8 Å². The van der Waals surface area contributed by atoms with Gasteiger partial charge in [0, 0.05) is 5.92 Å². The largest absolute Gasteiger partial charge is 0.374 e. The lowest BCUT2D eigenvalue weighted by Crippen LogP contribution is -2.23. The first-order valence-corrected chi connectivity index (χ1v) is 5.75. The number of fused-ring (bicyclic) bond motifs is 2. The molecule has 3 rings (SSSR count). The van der Waals surface area contributed by atoms with Crippen LogP contribution in [0.2, 0.25) is 0 Å². The van der Waals surface area contributed by atoms with Crippen LogP contribution in [0.3, 0.4) is 0 Å². The summed E-state index contributed by atoms with van der Waals surface area (Å²) in [7, 11) is 0. The average Bonchev–Trinajstić information content (AvgIpc) is 2.77. The number of rotatable bonds is 2. The standard InChI is InChI=1S/C12H18O/c1-2-4-11(3-1)13-12-8-9-5-6-10(12)7-9/h5-6,9-12H,1-4,7-8H2. The van der Waals surface area contributed by atoms with Gasteiger partial charge in [-0.15, -0.1) is 0 Å². The molecular formula is C12H18O. The quantitative estimate of drug-likeness (QED) is 0.591. The van der Waals surface area contributed by atoms with Gasteiger partial charge in [-0.25, -0.2) is 0 Å². The maximum atomic E-state index is 6.15. The molecule has 0 aliphatic heterocycles. The van der Waals surface area contributed by atoms with Gasteiger partial charge in [0.1, 0.15) is 0 Å². The molecule has 2 saturated carbocycles. The van der Waals surface area contributed by atoms with Crippen molar-refractivity contribution < 1.29 is 4.74 Å². The maximum absolute atomic E-state index is 6.15. The molecule has 2 fully saturated rings. The van der Waals surface area contributed by atoms with E-state index in [-0.39, 0.29) is 0 Å². The molecule has 0 spiro atoms. The molecule has 0 saturated heterocycles. The Morgan fingerprint density at radius 3 is 2.46 bits per heavy atom. The summed E-state index contributed by atoms with van der Waals surface area (Å²) < 4.78 is 6.15. The molecule has 13 heavy (non-hydrogen) atoms. The molecule has 0 radical (unpaired) electrons. The summed E-state index contributed by atoms with van der Waals surface area (Å²) in [5.41, 5.74) is 0. The highest BCUT2D eigenvalue weighted by molar-refractivity contribution is 5.11. The van der Waals surface area contributed by atoms with Gasteiger partial charge in [-0.1, -0.05) is 25.0 Å². The Hall–Kier alpha value is -0.300. The van der Waals surface area contributed by atoms with Crippen LogP contribution in [0.5, 0.6) is 0 Å². The molecule has 1 nitrogen and oxygen atoms in total. The van der Waals surface area contributed by atoms with E-state index in [1.54, 1.807) is 0 Å². The number of hydrogen-bond donors (Lipinski definition) is 0. The zero-order valence-electron chi connectivity index (χ0n) is 8.11. The van der Waals surface area contributed by atoms with Crippen molar-refractivity contribution in [3.8, 4) is 0 Å². The van der Waals surface area contributed by atoms with Crippen molar-refractivity contribution in [2.24, 2.45) is 11.8 Å². The molecule has 2 bridgehead atoms. The van der Waals surface area contributed by atoms with Gasteiger partial charge >= 0.3 is 0 Å². The van der Waals surface area contributed by atoms with Crippen LogP contribution >= 0.6 is 0 Å². The first kappa shape index (κ1) is 8.05. The van der Waals surface area contributed by atoms with Crippen molar-refractivity contribution in [1.82, 2.24) is 0 Å². The van der Waals surface area contributed by atoms with E-state index in [0.29, 0.717) is 12.2 Å². The minimum atomic E-state index is 0.582. The molecule has 0 aromatic carbocycles. The summed E-state index contributed by atoms with van der Waals surface area (Å²) in [6, 6.07) is 0. The molecule has 0 N–H and O–H groups in total. The van der Waals surface area contributed by atoms with Gasteiger partial charge in [0.15, 0.2) is 0 Å².